The van der Waals surface area contributed by atoms with Crippen molar-refractivity contribution in [3.05, 3.63) is 74.6 Å². The van der Waals surface area contributed by atoms with Crippen LogP contribution in [0.3, 0.4) is 0 Å². The molecule has 0 aromatic heterocycles. The standard InChI is InChI=1S/C18H17BrSi/c1-20(2)16-11-15(12-5-3-4-6-12)18(20)17(16)13-7-9-14(19)10-8-13/h3-5,7-11,15H,6H2,1-2H3. The van der Waals surface area contributed by atoms with Gasteiger partial charge in [-0.1, -0.05) is 81.4 Å². The average Bonchev–Trinajstić information content (AvgIpc) is 3.12. The summed E-state index contributed by atoms with van der Waals surface area (Å²) in [6.45, 7) is 5.00. The van der Waals surface area contributed by atoms with Crippen LogP contribution in [0.15, 0.2) is 69.0 Å². The van der Waals surface area contributed by atoms with Crippen molar-refractivity contribution < 1.29 is 0 Å². The first-order valence-electron chi connectivity index (χ1n) is 7.18. The van der Waals surface area contributed by atoms with Crippen LogP contribution in [0, 0.1) is 5.92 Å². The molecule has 0 amide bonds. The van der Waals surface area contributed by atoms with Crippen LogP contribution in [0.5, 0.6) is 0 Å². The number of allylic oxidation sites excluding steroid dienone is 8. The zero-order valence-electron chi connectivity index (χ0n) is 11.8. The molecule has 1 aromatic carbocycles. The first kappa shape index (κ1) is 12.6. The molecule has 100 valence electrons. The molecule has 2 aliphatic heterocycles. The molecule has 1 atom stereocenters. The van der Waals surface area contributed by atoms with Gasteiger partial charge < -0.3 is 0 Å². The fourth-order valence-corrected chi connectivity index (χ4v) is 7.66. The Morgan fingerprint density at radius 3 is 2.55 bits per heavy atom. The van der Waals surface area contributed by atoms with Crippen molar-refractivity contribution in [2.45, 2.75) is 19.5 Å². The van der Waals surface area contributed by atoms with Gasteiger partial charge in [-0.2, -0.15) is 0 Å². The Morgan fingerprint density at radius 1 is 1.15 bits per heavy atom. The molecule has 0 fully saturated rings. The van der Waals surface area contributed by atoms with Gasteiger partial charge in [-0.25, -0.2) is 0 Å². The van der Waals surface area contributed by atoms with E-state index in [2.05, 4.69) is 77.6 Å². The van der Waals surface area contributed by atoms with Crippen molar-refractivity contribution in [2.24, 2.45) is 5.92 Å². The second-order valence-electron chi connectivity index (χ2n) is 6.35. The van der Waals surface area contributed by atoms with Gasteiger partial charge in [-0.15, -0.1) is 0 Å². The number of rotatable bonds is 2. The number of fused-ring (bicyclic) bond motifs is 1. The van der Waals surface area contributed by atoms with Gasteiger partial charge in [0, 0.05) is 10.4 Å². The van der Waals surface area contributed by atoms with E-state index in [1.165, 1.54) is 5.56 Å². The lowest BCUT2D eigenvalue weighted by molar-refractivity contribution is 0.931. The predicted molar refractivity (Wildman–Crippen MR) is 92.0 cm³/mol. The molecule has 0 nitrogen and oxygen atoms in total. The monoisotopic (exact) mass is 340 g/mol. The summed E-state index contributed by atoms with van der Waals surface area (Å²) >= 11 is 3.53. The van der Waals surface area contributed by atoms with Gasteiger partial charge in [0.15, 0.2) is 0 Å². The smallest absolute Gasteiger partial charge is 0.0804 e. The summed E-state index contributed by atoms with van der Waals surface area (Å²) in [4.78, 5) is 0. The van der Waals surface area contributed by atoms with E-state index >= 15 is 0 Å². The molecule has 20 heavy (non-hydrogen) atoms. The molecule has 1 aromatic rings. The SMILES string of the molecule is C[Si]1(C)C2=CC(C3=CC=CC3)C1=C2c1ccc(Br)cc1. The third-order valence-corrected chi connectivity index (χ3v) is 9.06. The first-order valence-corrected chi connectivity index (χ1v) is 11.0. The quantitative estimate of drug-likeness (QED) is 0.628. The van der Waals surface area contributed by atoms with Crippen LogP contribution < -0.4 is 0 Å². The molecular formula is C18H17BrSi. The second-order valence-corrected chi connectivity index (χ2v) is 11.6. The lowest BCUT2D eigenvalue weighted by atomic mass is 9.98. The minimum atomic E-state index is -1.28. The molecule has 0 N–H and O–H groups in total. The Kier molecular flexibility index (Phi) is 2.64. The normalized spacial score (nSPS) is 25.6. The molecule has 0 spiro atoms. The number of benzene rings is 1. The summed E-state index contributed by atoms with van der Waals surface area (Å²) < 4.78 is 1.16. The van der Waals surface area contributed by atoms with Crippen LogP contribution in [0.2, 0.25) is 13.1 Å². The van der Waals surface area contributed by atoms with Crippen LogP contribution in [0.25, 0.3) is 5.57 Å². The number of hydrogen-bond donors (Lipinski definition) is 0. The molecule has 4 aliphatic rings. The highest BCUT2D eigenvalue weighted by atomic mass is 79.9. The van der Waals surface area contributed by atoms with Gasteiger partial charge in [-0.3, -0.25) is 0 Å². The summed E-state index contributed by atoms with van der Waals surface area (Å²) in [6, 6.07) is 8.81. The van der Waals surface area contributed by atoms with Gasteiger partial charge in [0.2, 0.25) is 0 Å². The van der Waals surface area contributed by atoms with Crippen molar-refractivity contribution in [1.82, 2.24) is 0 Å². The molecule has 1 unspecified atom stereocenters. The van der Waals surface area contributed by atoms with E-state index in [0.717, 1.165) is 10.9 Å². The maximum Gasteiger partial charge on any atom is 0.109 e. The van der Waals surface area contributed by atoms with E-state index in [1.54, 1.807) is 21.5 Å². The minimum Gasteiger partial charge on any atom is -0.0804 e. The lowest BCUT2D eigenvalue weighted by Gasteiger charge is -2.39. The zero-order valence-corrected chi connectivity index (χ0v) is 14.4. The van der Waals surface area contributed by atoms with Crippen molar-refractivity contribution in [2.75, 3.05) is 0 Å². The van der Waals surface area contributed by atoms with Gasteiger partial charge >= 0.3 is 0 Å². The molecule has 2 aliphatic carbocycles. The summed E-state index contributed by atoms with van der Waals surface area (Å²) in [6.07, 6.45) is 10.5. The van der Waals surface area contributed by atoms with E-state index in [0.29, 0.717) is 5.92 Å². The molecule has 2 bridgehead atoms. The highest BCUT2D eigenvalue weighted by Crippen LogP contribution is 2.59. The highest BCUT2D eigenvalue weighted by Gasteiger charge is 2.52. The highest BCUT2D eigenvalue weighted by molar-refractivity contribution is 9.10. The van der Waals surface area contributed by atoms with Crippen molar-refractivity contribution >= 4 is 29.6 Å². The minimum absolute atomic E-state index is 0.598. The van der Waals surface area contributed by atoms with Crippen molar-refractivity contribution in [3.8, 4) is 0 Å². The maximum absolute atomic E-state index is 3.53. The van der Waals surface area contributed by atoms with Gasteiger partial charge in [0.05, 0.1) is 0 Å². The zero-order chi connectivity index (χ0) is 13.9. The van der Waals surface area contributed by atoms with Gasteiger partial charge in [-0.05, 0) is 29.7 Å². The Hall–Kier alpha value is -1.12. The van der Waals surface area contributed by atoms with Crippen LogP contribution >= 0.6 is 15.9 Å². The topological polar surface area (TPSA) is 0 Å². The Bertz CT molecular complexity index is 714. The Balaban J connectivity index is 1.80. The Morgan fingerprint density at radius 2 is 1.90 bits per heavy atom. The molecule has 2 heterocycles. The molecule has 0 radical (unpaired) electrons. The van der Waals surface area contributed by atoms with E-state index < -0.39 is 8.07 Å². The number of halogens is 1. The summed E-state index contributed by atoms with van der Waals surface area (Å²) in [7, 11) is -1.28. The predicted octanol–water partition coefficient (Wildman–Crippen LogP) is 5.45. The van der Waals surface area contributed by atoms with E-state index in [1.807, 2.05) is 0 Å². The lowest BCUT2D eigenvalue weighted by Crippen LogP contribution is -2.40. The molecular weight excluding hydrogens is 324 g/mol. The van der Waals surface area contributed by atoms with Gasteiger partial charge in [0.1, 0.15) is 8.07 Å². The number of hydrogen-bond acceptors (Lipinski definition) is 0. The Labute approximate surface area is 129 Å². The largest absolute Gasteiger partial charge is 0.109 e. The molecule has 0 saturated heterocycles. The average molecular weight is 341 g/mol. The van der Waals surface area contributed by atoms with Gasteiger partial charge in [0.25, 0.3) is 0 Å². The molecule has 0 saturated carbocycles. The van der Waals surface area contributed by atoms with E-state index in [-0.39, 0.29) is 0 Å². The van der Waals surface area contributed by atoms with Crippen LogP contribution in [-0.4, -0.2) is 8.07 Å². The maximum atomic E-state index is 3.53. The van der Waals surface area contributed by atoms with Crippen LogP contribution in [-0.2, 0) is 0 Å². The van der Waals surface area contributed by atoms with Crippen molar-refractivity contribution in [1.29, 1.82) is 0 Å². The van der Waals surface area contributed by atoms with E-state index in [9.17, 15) is 0 Å². The fourth-order valence-electron chi connectivity index (χ4n) is 3.85. The fraction of sp³-hybridized carbons (Fsp3) is 0.222. The van der Waals surface area contributed by atoms with Crippen molar-refractivity contribution in [3.63, 3.8) is 0 Å². The third-order valence-electron chi connectivity index (χ3n) is 4.86. The molecule has 2 heteroatoms. The van der Waals surface area contributed by atoms with Crippen LogP contribution in [0.4, 0.5) is 0 Å². The first-order chi connectivity index (χ1) is 9.59. The summed E-state index contributed by atoms with van der Waals surface area (Å²) in [5.41, 5.74) is 4.55. The summed E-state index contributed by atoms with van der Waals surface area (Å²) in [5, 5.41) is 3.43. The van der Waals surface area contributed by atoms with Crippen LogP contribution in [0.1, 0.15) is 12.0 Å². The summed E-state index contributed by atoms with van der Waals surface area (Å²) in [5.74, 6) is 0.598. The third kappa shape index (κ3) is 1.58. The van der Waals surface area contributed by atoms with E-state index in [4.69, 9.17) is 0 Å². The second kappa shape index (κ2) is 4.19. The molecule has 5 rings (SSSR count).